The molecule has 4 N–H and O–H groups in total. The lowest BCUT2D eigenvalue weighted by Crippen LogP contribution is -2.37. The summed E-state index contributed by atoms with van der Waals surface area (Å²) in [5.74, 6) is -0.257. The number of primary amides is 1. The zero-order valence-electron chi connectivity index (χ0n) is 9.74. The van der Waals surface area contributed by atoms with Crippen LogP contribution in [0.15, 0.2) is 18.2 Å². The molecule has 1 saturated heterocycles. The van der Waals surface area contributed by atoms with Crippen LogP contribution < -0.4 is 16.4 Å². The molecule has 1 atom stereocenters. The number of nitrogens with zero attached hydrogens (tertiary/aromatic N) is 1. The molecule has 1 aromatic carbocycles. The standard InChI is InChI=1S/C12H16ClN3O/c1-12(11(15)17)4-5-16(7-12)10-3-2-8(13)6-9(10)14/h2-3,6H,4-5,7,14H2,1H3,(H2,15,17). The fourth-order valence-corrected chi connectivity index (χ4v) is 2.36. The molecule has 17 heavy (non-hydrogen) atoms. The van der Waals surface area contributed by atoms with Crippen molar-refractivity contribution in [3.8, 4) is 0 Å². The van der Waals surface area contributed by atoms with Gasteiger partial charge in [-0.15, -0.1) is 0 Å². The first-order valence-electron chi connectivity index (χ1n) is 5.52. The molecule has 0 bridgehead atoms. The van der Waals surface area contributed by atoms with E-state index in [4.69, 9.17) is 23.1 Å². The molecule has 4 nitrogen and oxygen atoms in total. The Kier molecular flexibility index (Phi) is 2.91. The quantitative estimate of drug-likeness (QED) is 0.787. The monoisotopic (exact) mass is 253 g/mol. The Bertz CT molecular complexity index is 463. The summed E-state index contributed by atoms with van der Waals surface area (Å²) in [6, 6.07) is 5.40. The third-order valence-corrected chi connectivity index (χ3v) is 3.63. The summed E-state index contributed by atoms with van der Waals surface area (Å²) in [5, 5.41) is 0.614. The van der Waals surface area contributed by atoms with Gasteiger partial charge >= 0.3 is 0 Å². The van der Waals surface area contributed by atoms with E-state index in [9.17, 15) is 4.79 Å². The van der Waals surface area contributed by atoms with Gasteiger partial charge in [-0.3, -0.25) is 4.79 Å². The number of rotatable bonds is 2. The second-order valence-corrected chi connectivity index (χ2v) is 5.24. The van der Waals surface area contributed by atoms with Crippen LogP contribution in [0.25, 0.3) is 0 Å². The Balaban J connectivity index is 2.24. The molecular weight excluding hydrogens is 238 g/mol. The van der Waals surface area contributed by atoms with E-state index in [-0.39, 0.29) is 5.91 Å². The van der Waals surface area contributed by atoms with E-state index in [0.717, 1.165) is 18.7 Å². The van der Waals surface area contributed by atoms with Crippen molar-refractivity contribution in [1.82, 2.24) is 0 Å². The minimum Gasteiger partial charge on any atom is -0.397 e. The molecule has 1 unspecified atom stereocenters. The van der Waals surface area contributed by atoms with Gasteiger partial charge in [0, 0.05) is 18.1 Å². The van der Waals surface area contributed by atoms with E-state index >= 15 is 0 Å². The van der Waals surface area contributed by atoms with Gasteiger partial charge in [0.05, 0.1) is 16.8 Å². The molecule has 0 aliphatic carbocycles. The Morgan fingerprint density at radius 3 is 2.76 bits per heavy atom. The number of anilines is 2. The molecule has 0 spiro atoms. The molecule has 2 rings (SSSR count). The topological polar surface area (TPSA) is 72.4 Å². The minimum absolute atomic E-state index is 0.257. The van der Waals surface area contributed by atoms with Crippen LogP contribution in [-0.4, -0.2) is 19.0 Å². The van der Waals surface area contributed by atoms with E-state index in [1.807, 2.05) is 13.0 Å². The van der Waals surface area contributed by atoms with Crippen LogP contribution in [0.1, 0.15) is 13.3 Å². The summed E-state index contributed by atoms with van der Waals surface area (Å²) < 4.78 is 0. The first-order chi connectivity index (χ1) is 7.92. The van der Waals surface area contributed by atoms with Crippen molar-refractivity contribution < 1.29 is 4.79 Å². The number of carbonyl (C=O) groups is 1. The van der Waals surface area contributed by atoms with Crippen molar-refractivity contribution in [1.29, 1.82) is 0 Å². The van der Waals surface area contributed by atoms with Crippen LogP contribution in [0.5, 0.6) is 0 Å². The summed E-state index contributed by atoms with van der Waals surface area (Å²) in [5.41, 5.74) is 12.4. The zero-order chi connectivity index (χ0) is 12.6. The van der Waals surface area contributed by atoms with Gasteiger partial charge in [-0.25, -0.2) is 0 Å². The summed E-state index contributed by atoms with van der Waals surface area (Å²) in [7, 11) is 0. The highest BCUT2D eigenvalue weighted by atomic mass is 35.5. The summed E-state index contributed by atoms with van der Waals surface area (Å²) in [6.45, 7) is 3.28. The molecule has 1 fully saturated rings. The average molecular weight is 254 g/mol. The van der Waals surface area contributed by atoms with Crippen LogP contribution in [0.3, 0.4) is 0 Å². The summed E-state index contributed by atoms with van der Waals surface area (Å²) in [4.78, 5) is 13.5. The molecule has 0 radical (unpaired) electrons. The maximum atomic E-state index is 11.4. The van der Waals surface area contributed by atoms with Gasteiger partial charge < -0.3 is 16.4 Å². The Morgan fingerprint density at radius 1 is 1.53 bits per heavy atom. The molecule has 0 saturated carbocycles. The van der Waals surface area contributed by atoms with Gasteiger partial charge in [0.25, 0.3) is 0 Å². The van der Waals surface area contributed by atoms with E-state index in [2.05, 4.69) is 4.90 Å². The van der Waals surface area contributed by atoms with E-state index < -0.39 is 5.41 Å². The van der Waals surface area contributed by atoms with Gasteiger partial charge in [0.1, 0.15) is 0 Å². The van der Waals surface area contributed by atoms with Crippen molar-refractivity contribution in [3.63, 3.8) is 0 Å². The number of amides is 1. The van der Waals surface area contributed by atoms with Gasteiger partial charge in [-0.2, -0.15) is 0 Å². The first-order valence-corrected chi connectivity index (χ1v) is 5.90. The number of hydrogen-bond acceptors (Lipinski definition) is 3. The second-order valence-electron chi connectivity index (χ2n) is 4.80. The predicted molar refractivity (Wildman–Crippen MR) is 70.0 cm³/mol. The molecule has 1 aliphatic rings. The molecular formula is C12H16ClN3O. The van der Waals surface area contributed by atoms with E-state index in [1.54, 1.807) is 12.1 Å². The second kappa shape index (κ2) is 4.11. The number of hydrogen-bond donors (Lipinski definition) is 2. The minimum atomic E-state index is -0.466. The molecule has 1 aromatic rings. The fraction of sp³-hybridized carbons (Fsp3) is 0.417. The highest BCUT2D eigenvalue weighted by molar-refractivity contribution is 6.31. The molecule has 1 heterocycles. The predicted octanol–water partition coefficient (Wildman–Crippen LogP) is 1.62. The smallest absolute Gasteiger partial charge is 0.225 e. The van der Waals surface area contributed by atoms with Crippen LogP contribution in [0.4, 0.5) is 11.4 Å². The highest BCUT2D eigenvalue weighted by Crippen LogP contribution is 2.36. The maximum absolute atomic E-state index is 11.4. The van der Waals surface area contributed by atoms with Crippen molar-refractivity contribution in [2.75, 3.05) is 23.7 Å². The lowest BCUT2D eigenvalue weighted by Gasteiger charge is -2.23. The van der Waals surface area contributed by atoms with Gasteiger partial charge in [-0.1, -0.05) is 11.6 Å². The number of carbonyl (C=O) groups excluding carboxylic acids is 1. The average Bonchev–Trinajstić information content (AvgIpc) is 2.62. The van der Waals surface area contributed by atoms with E-state index in [0.29, 0.717) is 17.3 Å². The zero-order valence-corrected chi connectivity index (χ0v) is 10.5. The SMILES string of the molecule is CC1(C(N)=O)CCN(c2ccc(Cl)cc2N)C1. The molecule has 0 aromatic heterocycles. The maximum Gasteiger partial charge on any atom is 0.225 e. The first kappa shape index (κ1) is 12.0. The molecule has 5 heteroatoms. The van der Waals surface area contributed by atoms with Crippen LogP contribution in [0, 0.1) is 5.41 Å². The fourth-order valence-electron chi connectivity index (χ4n) is 2.18. The van der Waals surface area contributed by atoms with Gasteiger partial charge in [0.15, 0.2) is 0 Å². The molecule has 1 aliphatic heterocycles. The third kappa shape index (κ3) is 2.17. The highest BCUT2D eigenvalue weighted by Gasteiger charge is 2.39. The Hall–Kier alpha value is -1.42. The molecule has 92 valence electrons. The van der Waals surface area contributed by atoms with Crippen LogP contribution in [0.2, 0.25) is 5.02 Å². The normalized spacial score (nSPS) is 24.0. The van der Waals surface area contributed by atoms with Gasteiger partial charge in [0.2, 0.25) is 5.91 Å². The largest absolute Gasteiger partial charge is 0.397 e. The lowest BCUT2D eigenvalue weighted by atomic mass is 9.89. The van der Waals surface area contributed by atoms with E-state index in [1.165, 1.54) is 0 Å². The van der Waals surface area contributed by atoms with Crippen molar-refractivity contribution in [2.45, 2.75) is 13.3 Å². The van der Waals surface area contributed by atoms with Crippen LogP contribution >= 0.6 is 11.6 Å². The van der Waals surface area contributed by atoms with Crippen molar-refractivity contribution in [3.05, 3.63) is 23.2 Å². The summed E-state index contributed by atoms with van der Waals surface area (Å²) in [6.07, 6.45) is 0.754. The Labute approximate surface area is 106 Å². The Morgan fingerprint density at radius 2 is 2.24 bits per heavy atom. The number of halogens is 1. The lowest BCUT2D eigenvalue weighted by molar-refractivity contribution is -0.125. The third-order valence-electron chi connectivity index (χ3n) is 3.40. The number of nitrogen functional groups attached to an aromatic ring is 1. The van der Waals surface area contributed by atoms with Crippen LogP contribution in [-0.2, 0) is 4.79 Å². The van der Waals surface area contributed by atoms with Crippen molar-refractivity contribution >= 4 is 28.9 Å². The summed E-state index contributed by atoms with van der Waals surface area (Å²) >= 11 is 5.86. The van der Waals surface area contributed by atoms with Gasteiger partial charge in [-0.05, 0) is 31.5 Å². The number of nitrogens with two attached hydrogens (primary N) is 2. The van der Waals surface area contributed by atoms with Crippen molar-refractivity contribution in [2.24, 2.45) is 11.1 Å². The number of benzene rings is 1. The molecule has 1 amide bonds.